The first kappa shape index (κ1) is 11.4. The number of carbonyl (C=O) groups is 2. The fourth-order valence-electron chi connectivity index (χ4n) is 2.87. The molecule has 1 saturated carbocycles. The Morgan fingerprint density at radius 2 is 1.94 bits per heavy atom. The van der Waals surface area contributed by atoms with Gasteiger partial charge in [0.05, 0.1) is 0 Å². The molecule has 16 heavy (non-hydrogen) atoms. The van der Waals surface area contributed by atoms with Gasteiger partial charge in [-0.1, -0.05) is 19.8 Å². The van der Waals surface area contributed by atoms with Crippen LogP contribution in [0.1, 0.15) is 46.0 Å². The Morgan fingerprint density at radius 3 is 2.50 bits per heavy atom. The average molecular weight is 224 g/mol. The molecule has 1 aliphatic heterocycles. The van der Waals surface area contributed by atoms with Crippen molar-refractivity contribution >= 4 is 11.8 Å². The third-order valence-electron chi connectivity index (χ3n) is 3.73. The second-order valence-electron chi connectivity index (χ2n) is 4.84. The minimum Gasteiger partial charge on any atom is -0.343 e. The van der Waals surface area contributed by atoms with Gasteiger partial charge >= 0.3 is 0 Å². The summed E-state index contributed by atoms with van der Waals surface area (Å²) in [5, 5.41) is 2.75. The molecule has 0 aromatic rings. The number of rotatable bonds is 2. The van der Waals surface area contributed by atoms with Gasteiger partial charge in [-0.2, -0.15) is 0 Å². The SMILES string of the molecule is CCC1C(=O)NC(C)C(=O)N1C1CCCC1. The van der Waals surface area contributed by atoms with Crippen molar-refractivity contribution in [3.8, 4) is 0 Å². The smallest absolute Gasteiger partial charge is 0.245 e. The van der Waals surface area contributed by atoms with Crippen molar-refractivity contribution in [3.05, 3.63) is 0 Å². The summed E-state index contributed by atoms with van der Waals surface area (Å²) in [7, 11) is 0. The fourth-order valence-corrected chi connectivity index (χ4v) is 2.87. The molecule has 0 aromatic heterocycles. The summed E-state index contributed by atoms with van der Waals surface area (Å²) in [6, 6.07) is -0.298. The molecule has 0 aromatic carbocycles. The molecular formula is C12H20N2O2. The number of piperazine rings is 1. The van der Waals surface area contributed by atoms with Crippen molar-refractivity contribution in [1.82, 2.24) is 10.2 Å². The summed E-state index contributed by atoms with van der Waals surface area (Å²) in [4.78, 5) is 25.8. The van der Waals surface area contributed by atoms with Crippen LogP contribution in [-0.2, 0) is 9.59 Å². The van der Waals surface area contributed by atoms with Crippen LogP contribution < -0.4 is 5.32 Å². The molecule has 2 fully saturated rings. The number of hydrogen-bond acceptors (Lipinski definition) is 2. The first-order chi connectivity index (χ1) is 7.65. The molecule has 2 atom stereocenters. The maximum atomic E-state index is 12.1. The lowest BCUT2D eigenvalue weighted by Crippen LogP contribution is -2.64. The third kappa shape index (κ3) is 1.81. The maximum Gasteiger partial charge on any atom is 0.245 e. The topological polar surface area (TPSA) is 49.4 Å². The first-order valence-corrected chi connectivity index (χ1v) is 6.27. The van der Waals surface area contributed by atoms with Crippen LogP contribution in [0.3, 0.4) is 0 Å². The zero-order valence-electron chi connectivity index (χ0n) is 10.0. The molecule has 90 valence electrons. The van der Waals surface area contributed by atoms with Crippen molar-refractivity contribution in [2.75, 3.05) is 0 Å². The van der Waals surface area contributed by atoms with E-state index in [0.29, 0.717) is 12.5 Å². The van der Waals surface area contributed by atoms with Crippen molar-refractivity contribution in [2.45, 2.75) is 64.1 Å². The van der Waals surface area contributed by atoms with Gasteiger partial charge in [0.25, 0.3) is 0 Å². The lowest BCUT2D eigenvalue weighted by atomic mass is 10.0. The Kier molecular flexibility index (Phi) is 3.17. The molecule has 1 N–H and O–H groups in total. The van der Waals surface area contributed by atoms with Gasteiger partial charge in [0, 0.05) is 6.04 Å². The van der Waals surface area contributed by atoms with E-state index in [0.717, 1.165) is 12.8 Å². The van der Waals surface area contributed by atoms with Gasteiger partial charge in [-0.25, -0.2) is 0 Å². The molecule has 2 rings (SSSR count). The van der Waals surface area contributed by atoms with Gasteiger partial charge in [-0.05, 0) is 26.2 Å². The summed E-state index contributed by atoms with van der Waals surface area (Å²) >= 11 is 0. The number of nitrogens with one attached hydrogen (secondary N) is 1. The summed E-state index contributed by atoms with van der Waals surface area (Å²) in [6.45, 7) is 3.74. The molecule has 1 saturated heterocycles. The Labute approximate surface area is 96.4 Å². The second kappa shape index (κ2) is 4.44. The van der Waals surface area contributed by atoms with E-state index in [1.54, 1.807) is 6.92 Å². The fraction of sp³-hybridized carbons (Fsp3) is 0.833. The van der Waals surface area contributed by atoms with E-state index in [1.807, 2.05) is 11.8 Å². The van der Waals surface area contributed by atoms with Crippen molar-refractivity contribution in [3.63, 3.8) is 0 Å². The van der Waals surface area contributed by atoms with Crippen LogP contribution in [0, 0.1) is 0 Å². The third-order valence-corrected chi connectivity index (χ3v) is 3.73. The molecule has 0 bridgehead atoms. The Balaban J connectivity index is 2.21. The van der Waals surface area contributed by atoms with Gasteiger partial charge in [0.2, 0.25) is 11.8 Å². The molecule has 1 aliphatic carbocycles. The molecule has 0 radical (unpaired) electrons. The van der Waals surface area contributed by atoms with E-state index in [-0.39, 0.29) is 23.9 Å². The molecule has 2 unspecified atom stereocenters. The zero-order chi connectivity index (χ0) is 11.7. The van der Waals surface area contributed by atoms with Crippen LogP contribution in [0.4, 0.5) is 0 Å². The molecule has 2 amide bonds. The van der Waals surface area contributed by atoms with Crippen LogP contribution in [0.5, 0.6) is 0 Å². The quantitative estimate of drug-likeness (QED) is 0.762. The van der Waals surface area contributed by atoms with Crippen LogP contribution in [0.25, 0.3) is 0 Å². The average Bonchev–Trinajstić information content (AvgIpc) is 2.76. The molecule has 4 nitrogen and oxygen atoms in total. The minimum absolute atomic E-state index is 0.0153. The zero-order valence-corrected chi connectivity index (χ0v) is 10.0. The van der Waals surface area contributed by atoms with Crippen molar-refractivity contribution < 1.29 is 9.59 Å². The Bertz CT molecular complexity index is 297. The standard InChI is InChI=1S/C12H20N2O2/c1-3-10-11(15)13-8(2)12(16)14(10)9-6-4-5-7-9/h8-10H,3-7H2,1-2H3,(H,13,15). The highest BCUT2D eigenvalue weighted by atomic mass is 16.2. The largest absolute Gasteiger partial charge is 0.343 e. The number of carbonyl (C=O) groups excluding carboxylic acids is 2. The molecule has 0 spiro atoms. The number of hydrogen-bond donors (Lipinski definition) is 1. The normalized spacial score (nSPS) is 32.0. The Morgan fingerprint density at radius 1 is 1.31 bits per heavy atom. The molecule has 2 aliphatic rings. The van der Waals surface area contributed by atoms with Gasteiger partial charge in [-0.15, -0.1) is 0 Å². The van der Waals surface area contributed by atoms with E-state index >= 15 is 0 Å². The van der Waals surface area contributed by atoms with Gasteiger partial charge in [-0.3, -0.25) is 9.59 Å². The summed E-state index contributed by atoms with van der Waals surface area (Å²) in [6.07, 6.45) is 5.19. The van der Waals surface area contributed by atoms with Crippen LogP contribution in [0.2, 0.25) is 0 Å². The van der Waals surface area contributed by atoms with Gasteiger partial charge in [0.1, 0.15) is 12.1 Å². The van der Waals surface area contributed by atoms with E-state index in [4.69, 9.17) is 0 Å². The molecule has 4 heteroatoms. The minimum atomic E-state index is -0.351. The highest BCUT2D eigenvalue weighted by molar-refractivity contribution is 5.96. The molecule has 1 heterocycles. The summed E-state index contributed by atoms with van der Waals surface area (Å²) < 4.78 is 0. The van der Waals surface area contributed by atoms with Gasteiger partial charge in [0.15, 0.2) is 0 Å². The number of nitrogens with zero attached hydrogens (tertiary/aromatic N) is 1. The second-order valence-corrected chi connectivity index (χ2v) is 4.84. The summed E-state index contributed by atoms with van der Waals surface area (Å²) in [5.41, 5.74) is 0. The van der Waals surface area contributed by atoms with Crippen LogP contribution in [-0.4, -0.2) is 34.8 Å². The highest BCUT2D eigenvalue weighted by Crippen LogP contribution is 2.28. The van der Waals surface area contributed by atoms with E-state index in [9.17, 15) is 9.59 Å². The van der Waals surface area contributed by atoms with Crippen LogP contribution in [0.15, 0.2) is 0 Å². The monoisotopic (exact) mass is 224 g/mol. The van der Waals surface area contributed by atoms with Crippen molar-refractivity contribution in [2.24, 2.45) is 0 Å². The van der Waals surface area contributed by atoms with Crippen LogP contribution >= 0.6 is 0 Å². The van der Waals surface area contributed by atoms with Crippen molar-refractivity contribution in [1.29, 1.82) is 0 Å². The highest BCUT2D eigenvalue weighted by Gasteiger charge is 2.41. The maximum absolute atomic E-state index is 12.1. The first-order valence-electron chi connectivity index (χ1n) is 6.27. The van der Waals surface area contributed by atoms with E-state index in [2.05, 4.69) is 5.32 Å². The van der Waals surface area contributed by atoms with Gasteiger partial charge < -0.3 is 10.2 Å². The Hall–Kier alpha value is -1.06. The molecular weight excluding hydrogens is 204 g/mol. The summed E-state index contributed by atoms with van der Waals surface area (Å²) in [5.74, 6) is 0.111. The van der Waals surface area contributed by atoms with E-state index < -0.39 is 0 Å². The number of amides is 2. The lowest BCUT2D eigenvalue weighted by molar-refractivity contribution is -0.151. The predicted molar refractivity (Wildman–Crippen MR) is 60.8 cm³/mol. The predicted octanol–water partition coefficient (Wildman–Crippen LogP) is 1.05. The van der Waals surface area contributed by atoms with E-state index in [1.165, 1.54) is 12.8 Å². The lowest BCUT2D eigenvalue weighted by Gasteiger charge is -2.41.